The highest BCUT2D eigenvalue weighted by Crippen LogP contribution is 2.36. The zero-order valence-corrected chi connectivity index (χ0v) is 15.2. The van der Waals surface area contributed by atoms with E-state index < -0.39 is 10.0 Å². The standard InChI is InChI=1S/C18H21N5O2S/c24-26(25,17-12-19-16-10-5-11-22(16)17)21-18-20-14-8-3-4-9-15(14)23(18)13-6-1-2-7-13/h3-4,8-9,12-13H,1-2,5-7,10-11H2,(H,20,21). The van der Waals surface area contributed by atoms with Crippen molar-refractivity contribution in [3.8, 4) is 0 Å². The van der Waals surface area contributed by atoms with E-state index in [0.717, 1.165) is 42.5 Å². The molecule has 2 aromatic heterocycles. The fourth-order valence-corrected chi connectivity index (χ4v) is 5.43. The number of aryl methyl sites for hydroxylation is 1. The summed E-state index contributed by atoms with van der Waals surface area (Å²) in [6, 6.07) is 8.12. The summed E-state index contributed by atoms with van der Waals surface area (Å²) >= 11 is 0. The highest BCUT2D eigenvalue weighted by atomic mass is 32.2. The van der Waals surface area contributed by atoms with E-state index >= 15 is 0 Å². The molecule has 0 spiro atoms. The highest BCUT2D eigenvalue weighted by molar-refractivity contribution is 7.92. The molecule has 1 aromatic carbocycles. The van der Waals surface area contributed by atoms with Gasteiger partial charge in [-0.05, 0) is 31.4 Å². The van der Waals surface area contributed by atoms with E-state index in [9.17, 15) is 8.42 Å². The van der Waals surface area contributed by atoms with E-state index in [1.165, 1.54) is 19.0 Å². The first-order valence-corrected chi connectivity index (χ1v) is 10.7. The van der Waals surface area contributed by atoms with Gasteiger partial charge in [0.15, 0.2) is 5.03 Å². The Kier molecular flexibility index (Phi) is 3.56. The van der Waals surface area contributed by atoms with Crippen LogP contribution in [0.4, 0.5) is 5.95 Å². The molecule has 0 atom stereocenters. The Morgan fingerprint density at radius 3 is 2.77 bits per heavy atom. The van der Waals surface area contributed by atoms with E-state index in [4.69, 9.17) is 0 Å². The molecule has 1 aliphatic carbocycles. The van der Waals surface area contributed by atoms with Crippen LogP contribution in [0.25, 0.3) is 11.0 Å². The maximum absolute atomic E-state index is 13.0. The van der Waals surface area contributed by atoms with Crippen LogP contribution < -0.4 is 4.72 Å². The largest absolute Gasteiger partial charge is 0.318 e. The van der Waals surface area contributed by atoms with Gasteiger partial charge in [0.2, 0.25) is 5.95 Å². The second-order valence-corrected chi connectivity index (χ2v) is 8.74. The molecule has 3 aromatic rings. The van der Waals surface area contributed by atoms with E-state index in [1.54, 1.807) is 4.57 Å². The number of rotatable bonds is 4. The number of imidazole rings is 2. The number of nitrogens with one attached hydrogen (secondary N) is 1. The summed E-state index contributed by atoms with van der Waals surface area (Å²) in [6.07, 6.45) is 7.66. The van der Waals surface area contributed by atoms with Gasteiger partial charge in [0.1, 0.15) is 5.82 Å². The number of hydrogen-bond donors (Lipinski definition) is 1. The maximum Gasteiger partial charge on any atom is 0.281 e. The predicted octanol–water partition coefficient (Wildman–Crippen LogP) is 3.09. The molecule has 7 nitrogen and oxygen atoms in total. The Morgan fingerprint density at radius 1 is 1.12 bits per heavy atom. The molecule has 8 heteroatoms. The quantitative estimate of drug-likeness (QED) is 0.764. The topological polar surface area (TPSA) is 81.8 Å². The van der Waals surface area contributed by atoms with Crippen LogP contribution in [0.5, 0.6) is 0 Å². The van der Waals surface area contributed by atoms with Crippen LogP contribution in [-0.4, -0.2) is 27.5 Å². The minimum absolute atomic E-state index is 0.232. The summed E-state index contributed by atoms with van der Waals surface area (Å²) in [6.45, 7) is 0.699. The van der Waals surface area contributed by atoms with Gasteiger partial charge >= 0.3 is 0 Å². The molecule has 1 aliphatic heterocycles. The molecule has 0 saturated heterocycles. The zero-order chi connectivity index (χ0) is 17.7. The van der Waals surface area contributed by atoms with Crippen LogP contribution in [0.2, 0.25) is 0 Å². The van der Waals surface area contributed by atoms with Crippen LogP contribution in [0.3, 0.4) is 0 Å². The molecular weight excluding hydrogens is 350 g/mol. The second-order valence-electron chi connectivity index (χ2n) is 7.11. The minimum atomic E-state index is -3.73. The van der Waals surface area contributed by atoms with Crippen LogP contribution in [0.15, 0.2) is 35.5 Å². The van der Waals surface area contributed by atoms with Gasteiger partial charge in [-0.15, -0.1) is 0 Å². The number of aromatic nitrogens is 4. The van der Waals surface area contributed by atoms with Gasteiger partial charge < -0.3 is 9.13 Å². The molecule has 0 radical (unpaired) electrons. The smallest absolute Gasteiger partial charge is 0.281 e. The third-order valence-corrected chi connectivity index (χ3v) is 6.80. The van der Waals surface area contributed by atoms with Gasteiger partial charge in [-0.25, -0.2) is 14.7 Å². The molecule has 3 heterocycles. The van der Waals surface area contributed by atoms with Gasteiger partial charge in [0, 0.05) is 19.0 Å². The first-order valence-electron chi connectivity index (χ1n) is 9.18. The first kappa shape index (κ1) is 15.9. The van der Waals surface area contributed by atoms with Crippen molar-refractivity contribution in [2.75, 3.05) is 4.72 Å². The molecule has 1 fully saturated rings. The molecule has 5 rings (SSSR count). The van der Waals surface area contributed by atoms with Crippen LogP contribution in [0, 0.1) is 0 Å². The Hall–Kier alpha value is -2.35. The summed E-state index contributed by atoms with van der Waals surface area (Å²) in [5.74, 6) is 1.25. The van der Waals surface area contributed by atoms with Gasteiger partial charge in [0.05, 0.1) is 17.2 Å². The van der Waals surface area contributed by atoms with Crippen molar-refractivity contribution in [1.29, 1.82) is 0 Å². The highest BCUT2D eigenvalue weighted by Gasteiger charge is 2.29. The van der Waals surface area contributed by atoms with Crippen LogP contribution >= 0.6 is 0 Å². The van der Waals surface area contributed by atoms with Crippen LogP contribution in [-0.2, 0) is 23.0 Å². The van der Waals surface area contributed by atoms with Crippen molar-refractivity contribution in [3.05, 3.63) is 36.3 Å². The number of benzene rings is 1. The summed E-state index contributed by atoms with van der Waals surface area (Å²) in [5.41, 5.74) is 1.80. The van der Waals surface area contributed by atoms with E-state index in [2.05, 4.69) is 19.3 Å². The Labute approximate surface area is 152 Å². The number of anilines is 1. The molecule has 26 heavy (non-hydrogen) atoms. The molecule has 0 amide bonds. The van der Waals surface area contributed by atoms with E-state index in [-0.39, 0.29) is 11.1 Å². The van der Waals surface area contributed by atoms with Crippen molar-refractivity contribution in [1.82, 2.24) is 19.1 Å². The van der Waals surface area contributed by atoms with Gasteiger partial charge in [-0.2, -0.15) is 8.42 Å². The number of sulfonamides is 1. The molecular formula is C18H21N5O2S. The molecule has 2 aliphatic rings. The Bertz CT molecular complexity index is 1080. The molecule has 0 bridgehead atoms. The average molecular weight is 371 g/mol. The van der Waals surface area contributed by atoms with Crippen molar-refractivity contribution >= 4 is 27.0 Å². The molecule has 136 valence electrons. The maximum atomic E-state index is 13.0. The number of para-hydroxylation sites is 2. The van der Waals surface area contributed by atoms with Crippen molar-refractivity contribution in [3.63, 3.8) is 0 Å². The fourth-order valence-electron chi connectivity index (χ4n) is 4.27. The lowest BCUT2D eigenvalue weighted by atomic mass is 10.2. The van der Waals surface area contributed by atoms with Crippen molar-refractivity contribution < 1.29 is 8.42 Å². The fraction of sp³-hybridized carbons (Fsp3) is 0.444. The zero-order valence-electron chi connectivity index (χ0n) is 14.4. The average Bonchev–Trinajstić information content (AvgIpc) is 3.36. The van der Waals surface area contributed by atoms with Gasteiger partial charge in [0.25, 0.3) is 10.0 Å². The monoisotopic (exact) mass is 371 g/mol. The normalized spacial score (nSPS) is 17.8. The lowest BCUT2D eigenvalue weighted by molar-refractivity contribution is 0.537. The summed E-state index contributed by atoms with van der Waals surface area (Å²) < 4.78 is 32.7. The van der Waals surface area contributed by atoms with E-state index in [1.807, 2.05) is 24.3 Å². The lowest BCUT2D eigenvalue weighted by Crippen LogP contribution is -2.20. The molecule has 1 saturated carbocycles. The Morgan fingerprint density at radius 2 is 1.92 bits per heavy atom. The SMILES string of the molecule is O=S(=O)(Nc1nc2ccccc2n1C1CCCC1)c1cnc2n1CCC2. The van der Waals surface area contributed by atoms with Gasteiger partial charge in [-0.1, -0.05) is 25.0 Å². The lowest BCUT2D eigenvalue weighted by Gasteiger charge is -2.17. The van der Waals surface area contributed by atoms with Crippen molar-refractivity contribution in [2.24, 2.45) is 0 Å². The third kappa shape index (κ3) is 2.43. The summed E-state index contributed by atoms with van der Waals surface area (Å²) in [4.78, 5) is 8.85. The Balaban J connectivity index is 1.59. The van der Waals surface area contributed by atoms with E-state index in [0.29, 0.717) is 12.5 Å². The van der Waals surface area contributed by atoms with Crippen LogP contribution in [0.1, 0.15) is 44.0 Å². The third-order valence-electron chi connectivity index (χ3n) is 5.47. The number of fused-ring (bicyclic) bond motifs is 2. The van der Waals surface area contributed by atoms with Gasteiger partial charge in [-0.3, -0.25) is 0 Å². The number of nitrogens with zero attached hydrogens (tertiary/aromatic N) is 4. The molecule has 0 unspecified atom stereocenters. The first-order chi connectivity index (χ1) is 12.6. The summed E-state index contributed by atoms with van der Waals surface area (Å²) in [7, 11) is -3.73. The number of hydrogen-bond acceptors (Lipinski definition) is 4. The molecule has 1 N–H and O–H groups in total. The minimum Gasteiger partial charge on any atom is -0.318 e. The second kappa shape index (κ2) is 5.84. The predicted molar refractivity (Wildman–Crippen MR) is 98.6 cm³/mol. The summed E-state index contributed by atoms with van der Waals surface area (Å²) in [5, 5.41) is 0.232. The van der Waals surface area contributed by atoms with Crippen molar-refractivity contribution in [2.45, 2.75) is 56.1 Å².